The number of hydrogen-bond acceptors (Lipinski definition) is 4. The molecule has 5 nitrogen and oxygen atoms in total. The molecule has 1 heterocycles. The summed E-state index contributed by atoms with van der Waals surface area (Å²) >= 11 is 4.61. The third kappa shape index (κ3) is 4.57. The van der Waals surface area contributed by atoms with E-state index in [4.69, 9.17) is 0 Å². The van der Waals surface area contributed by atoms with E-state index in [9.17, 15) is 9.59 Å². The first-order valence-corrected chi connectivity index (χ1v) is 8.99. The Hall–Kier alpha value is -1.34. The molecule has 1 aromatic rings. The Balaban J connectivity index is 2.06. The van der Waals surface area contributed by atoms with Gasteiger partial charge in [-0.15, -0.1) is 0 Å². The highest BCUT2D eigenvalue weighted by Crippen LogP contribution is 2.31. The molecular formula is C16H20BrN3O2S. The monoisotopic (exact) mass is 397 g/mol. The number of carbonyl (C=O) groups excluding carboxylic acids is 2. The van der Waals surface area contributed by atoms with Crippen LogP contribution < -0.4 is 10.6 Å². The van der Waals surface area contributed by atoms with Gasteiger partial charge in [-0.1, -0.05) is 39.8 Å². The number of amides is 2. The maximum Gasteiger partial charge on any atom is 0.258 e. The van der Waals surface area contributed by atoms with Crippen LogP contribution in [-0.4, -0.2) is 28.3 Å². The van der Waals surface area contributed by atoms with Crippen molar-refractivity contribution in [3.05, 3.63) is 34.3 Å². The fourth-order valence-electron chi connectivity index (χ4n) is 2.13. The van der Waals surface area contributed by atoms with Crippen LogP contribution in [0.5, 0.6) is 0 Å². The first-order valence-electron chi connectivity index (χ1n) is 7.21. The summed E-state index contributed by atoms with van der Waals surface area (Å²) in [7, 11) is 0. The molecule has 0 unspecified atom stereocenters. The summed E-state index contributed by atoms with van der Waals surface area (Å²) in [5.74, 6) is -0.0532. The Morgan fingerprint density at radius 2 is 1.96 bits per heavy atom. The second kappa shape index (κ2) is 6.65. The molecule has 1 atom stereocenters. The normalized spacial score (nSPS) is 20.9. The predicted octanol–water partition coefficient (Wildman–Crippen LogP) is 2.80. The number of nitrogens with zero attached hydrogens (tertiary/aromatic N) is 1. The number of thioether (sulfide) groups is 1. The third-order valence-electron chi connectivity index (χ3n) is 3.25. The number of amidine groups is 1. The van der Waals surface area contributed by atoms with Crippen LogP contribution in [0.1, 0.15) is 33.3 Å². The lowest BCUT2D eigenvalue weighted by atomic mass is 9.93. The van der Waals surface area contributed by atoms with E-state index in [1.807, 2.05) is 45.0 Å². The van der Waals surface area contributed by atoms with Crippen LogP contribution in [0.2, 0.25) is 0 Å². The standard InChI is InChI=1S/C16H20BrN3O2S/c1-15(2,3)19-12(21)9-23-14-18-13(22)16(4,20-14)10-5-7-11(17)8-6-10/h5-8H,9H2,1-4H3,(H,19,21)(H,18,20,22)/t16-/m0/s1. The van der Waals surface area contributed by atoms with Crippen LogP contribution in [0.15, 0.2) is 33.7 Å². The Morgan fingerprint density at radius 1 is 1.35 bits per heavy atom. The Labute approximate surface area is 148 Å². The van der Waals surface area contributed by atoms with Gasteiger partial charge < -0.3 is 10.6 Å². The minimum absolute atomic E-state index is 0.0864. The second-order valence-corrected chi connectivity index (χ2v) is 8.42. The zero-order valence-corrected chi connectivity index (χ0v) is 16.0. The minimum atomic E-state index is -0.955. The van der Waals surface area contributed by atoms with Gasteiger partial charge >= 0.3 is 0 Å². The SMILES string of the molecule is CC(C)(C)NC(=O)CSC1=N[C@@](C)(c2ccc(Br)cc2)C(=O)N1. The highest BCUT2D eigenvalue weighted by atomic mass is 79.9. The smallest absolute Gasteiger partial charge is 0.258 e. The molecule has 0 aromatic heterocycles. The Kier molecular flexibility index (Phi) is 5.20. The lowest BCUT2D eigenvalue weighted by molar-refractivity contribution is -0.123. The van der Waals surface area contributed by atoms with Gasteiger partial charge in [0.1, 0.15) is 0 Å². The van der Waals surface area contributed by atoms with E-state index >= 15 is 0 Å². The predicted molar refractivity (Wildman–Crippen MR) is 97.4 cm³/mol. The molecule has 0 saturated heterocycles. The summed E-state index contributed by atoms with van der Waals surface area (Å²) in [5, 5.41) is 6.11. The first-order chi connectivity index (χ1) is 10.6. The van der Waals surface area contributed by atoms with Crippen LogP contribution in [0, 0.1) is 0 Å². The van der Waals surface area contributed by atoms with Crippen LogP contribution in [0.4, 0.5) is 0 Å². The second-order valence-electron chi connectivity index (χ2n) is 6.54. The van der Waals surface area contributed by atoms with Gasteiger partial charge in [0.25, 0.3) is 5.91 Å². The van der Waals surface area contributed by atoms with E-state index in [-0.39, 0.29) is 23.1 Å². The molecule has 23 heavy (non-hydrogen) atoms. The average Bonchev–Trinajstić information content (AvgIpc) is 2.72. The maximum absolute atomic E-state index is 12.3. The molecule has 0 bridgehead atoms. The molecule has 0 radical (unpaired) electrons. The maximum atomic E-state index is 12.3. The summed E-state index contributed by atoms with van der Waals surface area (Å²) in [6.45, 7) is 7.55. The molecule has 0 aliphatic carbocycles. The first kappa shape index (κ1) is 18.0. The minimum Gasteiger partial charge on any atom is -0.351 e. The van der Waals surface area contributed by atoms with Crippen molar-refractivity contribution in [2.75, 3.05) is 5.75 Å². The van der Waals surface area contributed by atoms with Crippen LogP contribution in [-0.2, 0) is 15.1 Å². The number of carbonyl (C=O) groups is 2. The lowest BCUT2D eigenvalue weighted by Gasteiger charge is -2.20. The van der Waals surface area contributed by atoms with Gasteiger partial charge in [0.15, 0.2) is 10.7 Å². The Bertz CT molecular complexity index is 652. The fourth-order valence-corrected chi connectivity index (χ4v) is 3.14. The molecule has 1 aliphatic rings. The molecular weight excluding hydrogens is 378 g/mol. The average molecular weight is 398 g/mol. The number of aliphatic imine (C=N–C) groups is 1. The van der Waals surface area contributed by atoms with Crippen molar-refractivity contribution in [3.8, 4) is 0 Å². The van der Waals surface area contributed by atoms with Gasteiger partial charge in [0.2, 0.25) is 5.91 Å². The van der Waals surface area contributed by atoms with Crippen molar-refractivity contribution >= 4 is 44.7 Å². The number of halogens is 1. The summed E-state index contributed by atoms with van der Waals surface area (Å²) in [5.41, 5.74) is -0.415. The molecule has 7 heteroatoms. The van der Waals surface area contributed by atoms with Gasteiger partial charge in [-0.05, 0) is 45.4 Å². The van der Waals surface area contributed by atoms with Crippen molar-refractivity contribution in [2.45, 2.75) is 38.8 Å². The quantitative estimate of drug-likeness (QED) is 0.823. The van der Waals surface area contributed by atoms with Crippen molar-refractivity contribution in [1.82, 2.24) is 10.6 Å². The van der Waals surface area contributed by atoms with E-state index in [1.54, 1.807) is 6.92 Å². The number of hydrogen-bond donors (Lipinski definition) is 2. The summed E-state index contributed by atoms with van der Waals surface area (Å²) < 4.78 is 0.945. The molecule has 1 aliphatic heterocycles. The highest BCUT2D eigenvalue weighted by Gasteiger charge is 2.40. The van der Waals surface area contributed by atoms with Crippen molar-refractivity contribution in [3.63, 3.8) is 0 Å². The van der Waals surface area contributed by atoms with Gasteiger partial charge in [-0.3, -0.25) is 9.59 Å². The van der Waals surface area contributed by atoms with Crippen molar-refractivity contribution in [1.29, 1.82) is 0 Å². The summed E-state index contributed by atoms with van der Waals surface area (Å²) in [4.78, 5) is 28.7. The topological polar surface area (TPSA) is 70.6 Å². The van der Waals surface area contributed by atoms with E-state index < -0.39 is 5.54 Å². The van der Waals surface area contributed by atoms with E-state index in [0.717, 1.165) is 10.0 Å². The summed E-state index contributed by atoms with van der Waals surface area (Å²) in [6.07, 6.45) is 0. The van der Waals surface area contributed by atoms with Gasteiger partial charge in [-0.2, -0.15) is 0 Å². The molecule has 124 valence electrons. The van der Waals surface area contributed by atoms with Crippen LogP contribution >= 0.6 is 27.7 Å². The molecule has 0 saturated carbocycles. The Morgan fingerprint density at radius 3 is 2.52 bits per heavy atom. The van der Waals surface area contributed by atoms with E-state index in [2.05, 4.69) is 31.6 Å². The van der Waals surface area contributed by atoms with Crippen molar-refractivity contribution in [2.24, 2.45) is 4.99 Å². The summed E-state index contributed by atoms with van der Waals surface area (Å²) in [6, 6.07) is 7.50. The van der Waals surface area contributed by atoms with Gasteiger partial charge in [-0.25, -0.2) is 4.99 Å². The molecule has 1 aromatic carbocycles. The molecule has 2 amide bonds. The lowest BCUT2D eigenvalue weighted by Crippen LogP contribution is -2.42. The molecule has 2 N–H and O–H groups in total. The van der Waals surface area contributed by atoms with Gasteiger partial charge in [0.05, 0.1) is 5.75 Å². The third-order valence-corrected chi connectivity index (χ3v) is 4.65. The zero-order valence-electron chi connectivity index (χ0n) is 13.6. The number of benzene rings is 1. The molecule has 0 fully saturated rings. The van der Waals surface area contributed by atoms with Gasteiger partial charge in [0, 0.05) is 10.0 Å². The largest absolute Gasteiger partial charge is 0.351 e. The number of rotatable bonds is 3. The fraction of sp³-hybridized carbons (Fsp3) is 0.438. The highest BCUT2D eigenvalue weighted by molar-refractivity contribution is 9.10. The number of nitrogens with one attached hydrogen (secondary N) is 2. The molecule has 2 rings (SSSR count). The molecule has 0 spiro atoms. The van der Waals surface area contributed by atoms with Crippen LogP contribution in [0.3, 0.4) is 0 Å². The van der Waals surface area contributed by atoms with E-state index in [1.165, 1.54) is 11.8 Å². The van der Waals surface area contributed by atoms with Crippen molar-refractivity contribution < 1.29 is 9.59 Å². The zero-order chi connectivity index (χ0) is 17.3. The van der Waals surface area contributed by atoms with E-state index in [0.29, 0.717) is 5.17 Å². The van der Waals surface area contributed by atoms with Crippen LogP contribution in [0.25, 0.3) is 0 Å².